The molecule has 3 fully saturated rings. The van der Waals surface area contributed by atoms with Crippen LogP contribution in [-0.2, 0) is 11.3 Å². The van der Waals surface area contributed by atoms with Crippen molar-refractivity contribution < 1.29 is 14.7 Å². The first kappa shape index (κ1) is 13.2. The molecule has 2 bridgehead atoms. The summed E-state index contributed by atoms with van der Waals surface area (Å²) in [4.78, 5) is 25.5. The molecule has 2 N–H and O–H groups in total. The number of aromatic carboxylic acids is 1. The molecule has 3 saturated heterocycles. The molecular weight excluding hydrogens is 258 g/mol. The fourth-order valence-electron chi connectivity index (χ4n) is 3.28. The molecule has 0 spiro atoms. The topological polar surface area (TPSA) is 74.6 Å². The number of hydrogen-bond donors (Lipinski definition) is 2. The van der Waals surface area contributed by atoms with Crippen LogP contribution in [0.3, 0.4) is 0 Å². The van der Waals surface area contributed by atoms with Crippen molar-refractivity contribution in [1.29, 1.82) is 0 Å². The molecule has 0 aliphatic carbocycles. The minimum Gasteiger partial charge on any atom is -0.477 e. The van der Waals surface area contributed by atoms with E-state index in [1.54, 1.807) is 12.3 Å². The molecule has 1 atom stereocenters. The van der Waals surface area contributed by atoms with Gasteiger partial charge in [-0.2, -0.15) is 0 Å². The second-order valence-electron chi connectivity index (χ2n) is 5.64. The Bertz CT molecular complexity index is 517. The van der Waals surface area contributed by atoms with Gasteiger partial charge in [-0.3, -0.25) is 4.79 Å². The van der Waals surface area contributed by atoms with Crippen molar-refractivity contribution in [2.24, 2.45) is 5.92 Å². The summed E-state index contributed by atoms with van der Waals surface area (Å²) in [7, 11) is 0. The zero-order valence-corrected chi connectivity index (χ0v) is 11.3. The average molecular weight is 277 g/mol. The average Bonchev–Trinajstić information content (AvgIpc) is 2.88. The predicted octanol–water partition coefficient (Wildman–Crippen LogP) is 0.397. The van der Waals surface area contributed by atoms with E-state index in [0.29, 0.717) is 5.92 Å². The highest BCUT2D eigenvalue weighted by Crippen LogP contribution is 2.27. The van der Waals surface area contributed by atoms with Crippen molar-refractivity contribution in [3.63, 3.8) is 0 Å². The molecule has 6 heteroatoms. The lowest BCUT2D eigenvalue weighted by atomic mass is 9.84. The van der Waals surface area contributed by atoms with Gasteiger partial charge in [0.25, 0.3) is 0 Å². The lowest BCUT2D eigenvalue weighted by molar-refractivity contribution is -0.123. The van der Waals surface area contributed by atoms with E-state index in [9.17, 15) is 9.59 Å². The molecule has 1 aromatic heterocycles. The molecule has 0 aromatic carbocycles. The fourth-order valence-corrected chi connectivity index (χ4v) is 3.28. The summed E-state index contributed by atoms with van der Waals surface area (Å²) in [5.74, 6) is -0.541. The minimum absolute atomic E-state index is 0.0673. The number of hydrogen-bond acceptors (Lipinski definition) is 3. The summed E-state index contributed by atoms with van der Waals surface area (Å²) in [6, 6.07) is 3.36. The smallest absolute Gasteiger partial charge is 0.352 e. The van der Waals surface area contributed by atoms with Gasteiger partial charge < -0.3 is 19.9 Å². The molecule has 1 unspecified atom stereocenters. The number of nitrogens with zero attached hydrogens (tertiary/aromatic N) is 2. The van der Waals surface area contributed by atoms with Gasteiger partial charge in [-0.05, 0) is 44.0 Å². The quantitative estimate of drug-likeness (QED) is 0.835. The Labute approximate surface area is 117 Å². The van der Waals surface area contributed by atoms with E-state index < -0.39 is 5.97 Å². The zero-order valence-electron chi connectivity index (χ0n) is 11.3. The van der Waals surface area contributed by atoms with E-state index in [4.69, 9.17) is 5.11 Å². The lowest BCUT2D eigenvalue weighted by Gasteiger charge is -2.44. The molecule has 20 heavy (non-hydrogen) atoms. The number of carbonyl (C=O) groups excluding carboxylic acids is 1. The number of carbonyl (C=O) groups is 2. The molecular formula is C14H19N3O3. The van der Waals surface area contributed by atoms with Crippen LogP contribution in [0.4, 0.5) is 0 Å². The summed E-state index contributed by atoms with van der Waals surface area (Å²) in [5.41, 5.74) is 0.147. The van der Waals surface area contributed by atoms with Crippen molar-refractivity contribution in [3.05, 3.63) is 24.0 Å². The maximum Gasteiger partial charge on any atom is 0.352 e. The van der Waals surface area contributed by atoms with Gasteiger partial charge >= 0.3 is 5.97 Å². The van der Waals surface area contributed by atoms with Crippen LogP contribution in [-0.4, -0.2) is 52.1 Å². The normalized spacial score (nSPS) is 28.3. The third-order valence-electron chi connectivity index (χ3n) is 4.37. The van der Waals surface area contributed by atoms with Crippen LogP contribution in [0.2, 0.25) is 0 Å². The van der Waals surface area contributed by atoms with E-state index in [1.165, 1.54) is 10.6 Å². The highest BCUT2D eigenvalue weighted by atomic mass is 16.4. The van der Waals surface area contributed by atoms with Gasteiger partial charge in [0.2, 0.25) is 5.91 Å². The highest BCUT2D eigenvalue weighted by Gasteiger charge is 2.34. The van der Waals surface area contributed by atoms with Gasteiger partial charge in [0.15, 0.2) is 0 Å². The van der Waals surface area contributed by atoms with Crippen LogP contribution in [0.15, 0.2) is 18.3 Å². The lowest BCUT2D eigenvalue weighted by Crippen LogP contribution is -2.57. The maximum absolute atomic E-state index is 12.1. The number of piperidine rings is 3. The number of rotatable bonds is 4. The molecule has 0 radical (unpaired) electrons. The molecule has 3 aliphatic rings. The number of fused-ring (bicyclic) bond motifs is 3. The first-order valence-electron chi connectivity index (χ1n) is 7.03. The van der Waals surface area contributed by atoms with E-state index in [2.05, 4.69) is 10.2 Å². The molecule has 0 saturated carbocycles. The van der Waals surface area contributed by atoms with Gasteiger partial charge in [0.1, 0.15) is 12.2 Å². The van der Waals surface area contributed by atoms with E-state index >= 15 is 0 Å². The molecule has 108 valence electrons. The minimum atomic E-state index is -1.01. The number of aromatic nitrogens is 1. The summed E-state index contributed by atoms with van der Waals surface area (Å²) in [5, 5.41) is 12.1. The summed E-state index contributed by atoms with van der Waals surface area (Å²) in [6.45, 7) is 3.27. The molecule has 1 aromatic rings. The Morgan fingerprint density at radius 2 is 2.10 bits per heavy atom. The van der Waals surface area contributed by atoms with Gasteiger partial charge in [-0.1, -0.05) is 0 Å². The standard InChI is InChI=1S/C14H19N3O3/c18-13(9-17-5-1-2-12(17)14(19)20)15-11-8-16-6-3-10(11)4-7-16/h1-2,5,10-11H,3-4,6-9H2,(H,15,18)(H,19,20). The van der Waals surface area contributed by atoms with Crippen LogP contribution in [0.25, 0.3) is 0 Å². The monoisotopic (exact) mass is 277 g/mol. The van der Waals surface area contributed by atoms with Crippen molar-refractivity contribution in [1.82, 2.24) is 14.8 Å². The summed E-state index contributed by atoms with van der Waals surface area (Å²) >= 11 is 0. The van der Waals surface area contributed by atoms with Gasteiger partial charge in [0.05, 0.1) is 0 Å². The van der Waals surface area contributed by atoms with Crippen LogP contribution < -0.4 is 5.32 Å². The molecule has 3 aliphatic heterocycles. The first-order chi connectivity index (χ1) is 9.63. The number of carboxylic acid groups (broad SMARTS) is 1. The summed E-state index contributed by atoms with van der Waals surface area (Å²) in [6.07, 6.45) is 3.92. The third kappa shape index (κ3) is 2.56. The zero-order chi connectivity index (χ0) is 14.1. The van der Waals surface area contributed by atoms with E-state index in [0.717, 1.165) is 32.5 Å². The largest absolute Gasteiger partial charge is 0.477 e. The third-order valence-corrected chi connectivity index (χ3v) is 4.37. The van der Waals surface area contributed by atoms with Crippen molar-refractivity contribution in [3.8, 4) is 0 Å². The van der Waals surface area contributed by atoms with Crippen LogP contribution in [0.5, 0.6) is 0 Å². The Morgan fingerprint density at radius 1 is 1.35 bits per heavy atom. The summed E-state index contributed by atoms with van der Waals surface area (Å²) < 4.78 is 1.47. The van der Waals surface area contributed by atoms with Crippen molar-refractivity contribution >= 4 is 11.9 Å². The molecule has 1 amide bonds. The van der Waals surface area contributed by atoms with Gasteiger partial charge in [0, 0.05) is 18.8 Å². The van der Waals surface area contributed by atoms with E-state index in [-0.39, 0.29) is 24.2 Å². The second-order valence-corrected chi connectivity index (χ2v) is 5.64. The fraction of sp³-hybridized carbons (Fsp3) is 0.571. The second kappa shape index (κ2) is 5.28. The van der Waals surface area contributed by atoms with E-state index in [1.807, 2.05) is 0 Å². The Balaban J connectivity index is 1.60. The van der Waals surface area contributed by atoms with Crippen LogP contribution >= 0.6 is 0 Å². The Kier molecular flexibility index (Phi) is 3.48. The van der Waals surface area contributed by atoms with Gasteiger partial charge in [-0.25, -0.2) is 4.79 Å². The van der Waals surface area contributed by atoms with Crippen LogP contribution in [0, 0.1) is 5.92 Å². The number of carboxylic acids is 1. The number of nitrogens with one attached hydrogen (secondary N) is 1. The molecule has 6 nitrogen and oxygen atoms in total. The van der Waals surface area contributed by atoms with Gasteiger partial charge in [-0.15, -0.1) is 0 Å². The SMILES string of the molecule is O=C(Cn1cccc1C(=O)O)NC1CN2CCC1CC2. The van der Waals surface area contributed by atoms with Crippen molar-refractivity contribution in [2.75, 3.05) is 19.6 Å². The molecule has 4 rings (SSSR count). The van der Waals surface area contributed by atoms with Crippen molar-refractivity contribution in [2.45, 2.75) is 25.4 Å². The van der Waals surface area contributed by atoms with Crippen LogP contribution in [0.1, 0.15) is 23.3 Å². The predicted molar refractivity (Wildman–Crippen MR) is 72.5 cm³/mol. The Morgan fingerprint density at radius 3 is 2.70 bits per heavy atom. The molecule has 4 heterocycles. The maximum atomic E-state index is 12.1. The number of amides is 1. The Hall–Kier alpha value is -1.82. The first-order valence-corrected chi connectivity index (χ1v) is 7.03. The highest BCUT2D eigenvalue weighted by molar-refractivity contribution is 5.86.